The Morgan fingerprint density at radius 2 is 1.76 bits per heavy atom. The van der Waals surface area contributed by atoms with Crippen LogP contribution in [0.5, 0.6) is 11.5 Å². The smallest absolute Gasteiger partial charge is 0.228 e. The minimum Gasteiger partial charge on any atom is -0.497 e. The van der Waals surface area contributed by atoms with Gasteiger partial charge < -0.3 is 24.6 Å². The summed E-state index contributed by atoms with van der Waals surface area (Å²) in [6.45, 7) is 6.09. The van der Waals surface area contributed by atoms with Gasteiger partial charge in [0.1, 0.15) is 11.5 Å². The Labute approximate surface area is 179 Å². The Balaban J connectivity index is 0.00000300. The van der Waals surface area contributed by atoms with Gasteiger partial charge in [0.2, 0.25) is 11.8 Å². The predicted octanol–water partition coefficient (Wildman–Crippen LogP) is 2.33. The van der Waals surface area contributed by atoms with E-state index < -0.39 is 0 Å². The lowest BCUT2D eigenvalue weighted by atomic mass is 9.95. The average Bonchev–Trinajstić information content (AvgIpc) is 3.13. The first kappa shape index (κ1) is 23.3. The molecule has 1 atom stereocenters. The molecule has 2 saturated heterocycles. The average molecular weight is 426 g/mol. The van der Waals surface area contributed by atoms with Crippen LogP contribution < -0.4 is 19.7 Å². The highest BCUT2D eigenvalue weighted by Crippen LogP contribution is 2.33. The Hall–Kier alpha value is -1.99. The zero-order chi connectivity index (χ0) is 20.1. The number of piperidine rings is 1. The number of hydrogen-bond donors (Lipinski definition) is 1. The number of rotatable bonds is 7. The summed E-state index contributed by atoms with van der Waals surface area (Å²) in [5, 5.41) is 3.39. The highest BCUT2D eigenvalue weighted by molar-refractivity contribution is 6.00. The maximum atomic E-state index is 13.0. The fourth-order valence-corrected chi connectivity index (χ4v) is 4.03. The van der Waals surface area contributed by atoms with E-state index in [1.54, 1.807) is 37.3 Å². The number of anilines is 1. The molecule has 0 radical (unpaired) electrons. The van der Waals surface area contributed by atoms with Crippen LogP contribution >= 0.6 is 12.4 Å². The van der Waals surface area contributed by atoms with E-state index in [0.29, 0.717) is 29.6 Å². The fourth-order valence-electron chi connectivity index (χ4n) is 4.03. The summed E-state index contributed by atoms with van der Waals surface area (Å²) in [6.07, 6.45) is 2.31. The highest BCUT2D eigenvalue weighted by Gasteiger charge is 2.38. The first-order valence-corrected chi connectivity index (χ1v) is 10.1. The molecular formula is C21H32ClN3O4. The number of likely N-dealkylation sites (tertiary alicyclic amines) is 1. The van der Waals surface area contributed by atoms with Crippen molar-refractivity contribution < 1.29 is 19.1 Å². The van der Waals surface area contributed by atoms with Gasteiger partial charge in [-0.15, -0.1) is 12.4 Å². The summed E-state index contributed by atoms with van der Waals surface area (Å²) < 4.78 is 10.6. The fraction of sp³-hybridized carbons (Fsp3) is 0.619. The summed E-state index contributed by atoms with van der Waals surface area (Å²) in [5.74, 6) is 1.67. The van der Waals surface area contributed by atoms with Crippen molar-refractivity contribution in [1.82, 2.24) is 10.2 Å². The van der Waals surface area contributed by atoms with Crippen LogP contribution in [0, 0.1) is 11.8 Å². The molecule has 3 rings (SSSR count). The van der Waals surface area contributed by atoms with Crippen molar-refractivity contribution in [2.75, 3.05) is 51.8 Å². The van der Waals surface area contributed by atoms with Crippen molar-refractivity contribution in [1.29, 1.82) is 0 Å². The Kier molecular flexibility index (Phi) is 8.59. The Morgan fingerprint density at radius 3 is 2.31 bits per heavy atom. The summed E-state index contributed by atoms with van der Waals surface area (Å²) >= 11 is 0. The first-order valence-electron chi connectivity index (χ1n) is 10.1. The molecule has 2 amide bonds. The number of carbonyl (C=O) groups is 2. The summed E-state index contributed by atoms with van der Waals surface area (Å²) in [6, 6.07) is 5.38. The molecule has 1 aromatic rings. The third-order valence-electron chi connectivity index (χ3n) is 5.73. The van der Waals surface area contributed by atoms with Crippen LogP contribution in [0.4, 0.5) is 5.69 Å². The van der Waals surface area contributed by atoms with Gasteiger partial charge in [0, 0.05) is 44.3 Å². The molecule has 0 spiro atoms. The number of hydrogen-bond acceptors (Lipinski definition) is 5. The van der Waals surface area contributed by atoms with Gasteiger partial charge in [-0.25, -0.2) is 0 Å². The lowest BCUT2D eigenvalue weighted by Gasteiger charge is -2.33. The van der Waals surface area contributed by atoms with Gasteiger partial charge in [0.05, 0.1) is 25.8 Å². The maximum absolute atomic E-state index is 13.0. The molecule has 0 saturated carbocycles. The van der Waals surface area contributed by atoms with Crippen LogP contribution in [-0.4, -0.2) is 63.7 Å². The van der Waals surface area contributed by atoms with E-state index in [-0.39, 0.29) is 36.6 Å². The second-order valence-electron chi connectivity index (χ2n) is 7.55. The van der Waals surface area contributed by atoms with Crippen molar-refractivity contribution in [2.45, 2.75) is 26.2 Å². The van der Waals surface area contributed by atoms with Crippen molar-refractivity contribution in [3.8, 4) is 11.5 Å². The number of benzene rings is 1. The summed E-state index contributed by atoms with van der Waals surface area (Å²) in [5.41, 5.74) is 0.709. The van der Waals surface area contributed by atoms with E-state index >= 15 is 0 Å². The number of methoxy groups -OCH3 is 2. The van der Waals surface area contributed by atoms with E-state index in [4.69, 9.17) is 9.47 Å². The Bertz CT molecular complexity index is 685. The lowest BCUT2D eigenvalue weighted by Crippen LogP contribution is -2.44. The van der Waals surface area contributed by atoms with Gasteiger partial charge in [0.15, 0.2) is 0 Å². The van der Waals surface area contributed by atoms with Gasteiger partial charge in [0.25, 0.3) is 0 Å². The predicted molar refractivity (Wildman–Crippen MR) is 115 cm³/mol. The third kappa shape index (κ3) is 5.54. The van der Waals surface area contributed by atoms with Crippen molar-refractivity contribution in [2.24, 2.45) is 11.8 Å². The van der Waals surface area contributed by atoms with Gasteiger partial charge in [-0.1, -0.05) is 6.92 Å². The monoisotopic (exact) mass is 425 g/mol. The second kappa shape index (κ2) is 10.7. The molecule has 29 heavy (non-hydrogen) atoms. The molecule has 2 aliphatic heterocycles. The van der Waals surface area contributed by atoms with Crippen molar-refractivity contribution in [3.63, 3.8) is 0 Å². The molecule has 8 heteroatoms. The molecule has 2 aliphatic rings. The van der Waals surface area contributed by atoms with E-state index in [0.717, 1.165) is 39.0 Å². The largest absolute Gasteiger partial charge is 0.497 e. The molecule has 0 bridgehead atoms. The van der Waals surface area contributed by atoms with Crippen molar-refractivity contribution in [3.05, 3.63) is 18.2 Å². The minimum atomic E-state index is -0.282. The Morgan fingerprint density at radius 1 is 1.14 bits per heavy atom. The molecule has 2 heterocycles. The van der Waals surface area contributed by atoms with Gasteiger partial charge >= 0.3 is 0 Å². The van der Waals surface area contributed by atoms with Crippen LogP contribution in [-0.2, 0) is 9.59 Å². The van der Waals surface area contributed by atoms with Crippen LogP contribution in [0.2, 0.25) is 0 Å². The van der Waals surface area contributed by atoms with Crippen LogP contribution in [0.1, 0.15) is 26.2 Å². The van der Waals surface area contributed by atoms with E-state index in [9.17, 15) is 9.59 Å². The molecule has 2 fully saturated rings. The van der Waals surface area contributed by atoms with Crippen LogP contribution in [0.25, 0.3) is 0 Å². The number of halogens is 1. The number of nitrogens with one attached hydrogen (secondary N) is 1. The maximum Gasteiger partial charge on any atom is 0.228 e. The molecular weight excluding hydrogens is 394 g/mol. The molecule has 162 valence electrons. The highest BCUT2D eigenvalue weighted by atomic mass is 35.5. The molecule has 1 aromatic carbocycles. The van der Waals surface area contributed by atoms with Crippen LogP contribution in [0.3, 0.4) is 0 Å². The first-order chi connectivity index (χ1) is 13.5. The normalized spacial score (nSPS) is 19.8. The van der Waals surface area contributed by atoms with Gasteiger partial charge in [-0.2, -0.15) is 0 Å². The third-order valence-corrected chi connectivity index (χ3v) is 5.73. The summed E-state index contributed by atoms with van der Waals surface area (Å²) in [4.78, 5) is 29.2. The zero-order valence-electron chi connectivity index (χ0n) is 17.5. The summed E-state index contributed by atoms with van der Waals surface area (Å²) in [7, 11) is 3.16. The number of carbonyl (C=O) groups excluding carboxylic acids is 2. The van der Waals surface area contributed by atoms with E-state index in [1.807, 2.05) is 4.90 Å². The SMILES string of the molecule is CCNCC1CCN(C(=O)C2CC(=O)N(c3cc(OC)cc(OC)c3)C2)CC1.Cl. The number of nitrogens with zero attached hydrogens (tertiary/aromatic N) is 2. The van der Waals surface area contributed by atoms with Crippen LogP contribution in [0.15, 0.2) is 18.2 Å². The molecule has 1 unspecified atom stereocenters. The number of ether oxygens (including phenoxy) is 2. The van der Waals surface area contributed by atoms with E-state index in [2.05, 4.69) is 12.2 Å². The standard InChI is InChI=1S/C21H31N3O4.ClH/c1-4-22-13-15-5-7-23(8-6-15)21(26)16-9-20(25)24(14-16)17-10-18(27-2)12-19(11-17)28-3;/h10-12,15-16,22H,4-9,13-14H2,1-3H3;1H. The molecule has 1 N–H and O–H groups in total. The van der Waals surface area contributed by atoms with Gasteiger partial charge in [-0.3, -0.25) is 9.59 Å². The molecule has 0 aliphatic carbocycles. The molecule has 0 aromatic heterocycles. The minimum absolute atomic E-state index is 0. The lowest BCUT2D eigenvalue weighted by molar-refractivity contribution is -0.137. The zero-order valence-corrected chi connectivity index (χ0v) is 18.3. The second-order valence-corrected chi connectivity index (χ2v) is 7.55. The van der Waals surface area contributed by atoms with Crippen molar-refractivity contribution >= 4 is 29.9 Å². The number of amides is 2. The topological polar surface area (TPSA) is 71.1 Å². The quantitative estimate of drug-likeness (QED) is 0.726. The van der Waals surface area contributed by atoms with E-state index in [1.165, 1.54) is 0 Å². The van der Waals surface area contributed by atoms with Gasteiger partial charge in [-0.05, 0) is 31.8 Å². The molecule has 7 nitrogen and oxygen atoms in total.